The zero-order valence-corrected chi connectivity index (χ0v) is 20.5. The van der Waals surface area contributed by atoms with Crippen LogP contribution in [0.1, 0.15) is 21.5 Å². The first-order chi connectivity index (χ1) is 18.1. The van der Waals surface area contributed by atoms with Crippen molar-refractivity contribution in [1.29, 1.82) is 0 Å². The van der Waals surface area contributed by atoms with E-state index in [1.807, 2.05) is 92.7 Å². The van der Waals surface area contributed by atoms with E-state index in [4.69, 9.17) is 4.74 Å². The van der Waals surface area contributed by atoms with Crippen molar-refractivity contribution < 1.29 is 9.53 Å². The predicted octanol–water partition coefficient (Wildman–Crippen LogP) is 9.51. The summed E-state index contributed by atoms with van der Waals surface area (Å²) in [6.07, 6.45) is 0. The number of fused-ring (bicyclic) bond motifs is 1. The molecule has 0 aliphatic rings. The van der Waals surface area contributed by atoms with Crippen molar-refractivity contribution in [2.75, 3.05) is 0 Å². The van der Waals surface area contributed by atoms with E-state index in [0.29, 0.717) is 22.7 Å². The van der Waals surface area contributed by atoms with E-state index in [0.717, 1.165) is 33.3 Å². The Labute approximate surface area is 215 Å². The van der Waals surface area contributed by atoms with Crippen LogP contribution in [0.5, 0.6) is 5.75 Å². The fourth-order valence-corrected chi connectivity index (χ4v) is 3.88. The second-order valence-electron chi connectivity index (χ2n) is 8.60. The molecule has 0 fully saturated rings. The number of carbonyl (C=O) groups is 1. The van der Waals surface area contributed by atoms with Gasteiger partial charge in [-0.25, -0.2) is 4.79 Å². The monoisotopic (exact) mass is 484 g/mol. The first-order valence-electron chi connectivity index (χ1n) is 11.9. The Morgan fingerprint density at radius 1 is 0.649 bits per heavy atom. The standard InChI is InChI=1S/C31H24N4O2/c1-21-9-8-13-25(19-21)32-34-28-17-16-26(20-22(28)2)33-35-30-27-14-7-6-10-23(27)15-18-29(30)37-31(36)24-11-4-3-5-12-24/h3-20H,1-2H3. The number of benzene rings is 5. The maximum Gasteiger partial charge on any atom is 0.343 e. The Hall–Kier alpha value is -4.97. The third kappa shape index (κ3) is 5.65. The second kappa shape index (κ2) is 10.7. The van der Waals surface area contributed by atoms with Gasteiger partial charge in [0.15, 0.2) is 5.75 Å². The van der Waals surface area contributed by atoms with Crippen LogP contribution in [0.15, 0.2) is 130 Å². The van der Waals surface area contributed by atoms with Gasteiger partial charge in [-0.15, -0.1) is 5.11 Å². The zero-order valence-electron chi connectivity index (χ0n) is 20.5. The van der Waals surface area contributed by atoms with Crippen LogP contribution in [-0.2, 0) is 0 Å². The molecule has 0 bridgehead atoms. The molecule has 0 aliphatic carbocycles. The highest BCUT2D eigenvalue weighted by Crippen LogP contribution is 2.38. The van der Waals surface area contributed by atoms with Gasteiger partial charge in [0.25, 0.3) is 0 Å². The third-order valence-electron chi connectivity index (χ3n) is 5.80. The second-order valence-corrected chi connectivity index (χ2v) is 8.60. The van der Waals surface area contributed by atoms with Crippen LogP contribution in [0.25, 0.3) is 10.8 Å². The summed E-state index contributed by atoms with van der Waals surface area (Å²) in [5.74, 6) is -0.108. The number of esters is 1. The summed E-state index contributed by atoms with van der Waals surface area (Å²) >= 11 is 0. The van der Waals surface area contributed by atoms with Gasteiger partial charge in [-0.3, -0.25) is 0 Å². The molecule has 0 spiro atoms. The van der Waals surface area contributed by atoms with Gasteiger partial charge in [-0.1, -0.05) is 60.7 Å². The summed E-state index contributed by atoms with van der Waals surface area (Å²) in [5, 5.41) is 19.5. The minimum atomic E-state index is -0.452. The summed E-state index contributed by atoms with van der Waals surface area (Å²) in [4.78, 5) is 12.7. The molecule has 5 rings (SSSR count). The lowest BCUT2D eigenvalue weighted by Gasteiger charge is -2.09. The molecule has 6 nitrogen and oxygen atoms in total. The molecule has 0 aromatic heterocycles. The van der Waals surface area contributed by atoms with Gasteiger partial charge in [0.2, 0.25) is 0 Å². The quantitative estimate of drug-likeness (QED) is 0.137. The molecule has 0 unspecified atom stereocenters. The van der Waals surface area contributed by atoms with Crippen LogP contribution in [-0.4, -0.2) is 5.97 Å². The first kappa shape index (κ1) is 23.8. The van der Waals surface area contributed by atoms with Crippen molar-refractivity contribution in [3.63, 3.8) is 0 Å². The van der Waals surface area contributed by atoms with E-state index in [2.05, 4.69) is 20.5 Å². The average Bonchev–Trinajstić information content (AvgIpc) is 2.92. The highest BCUT2D eigenvalue weighted by molar-refractivity contribution is 5.98. The maximum atomic E-state index is 12.7. The molecule has 0 heterocycles. The lowest BCUT2D eigenvalue weighted by atomic mass is 10.1. The molecule has 0 amide bonds. The SMILES string of the molecule is Cc1cccc(N=Nc2ccc(N=Nc3c(OC(=O)c4ccccc4)ccc4ccccc34)cc2C)c1. The minimum absolute atomic E-state index is 0.344. The van der Waals surface area contributed by atoms with Crippen molar-refractivity contribution in [3.05, 3.63) is 126 Å². The summed E-state index contributed by atoms with van der Waals surface area (Å²) in [6.45, 7) is 3.97. The van der Waals surface area contributed by atoms with Gasteiger partial charge >= 0.3 is 5.97 Å². The molecule has 180 valence electrons. The van der Waals surface area contributed by atoms with Crippen molar-refractivity contribution in [1.82, 2.24) is 0 Å². The van der Waals surface area contributed by atoms with Crippen molar-refractivity contribution >= 4 is 39.5 Å². The first-order valence-corrected chi connectivity index (χ1v) is 11.9. The number of aryl methyl sites for hydroxylation is 2. The highest BCUT2D eigenvalue weighted by Gasteiger charge is 2.14. The van der Waals surface area contributed by atoms with Crippen molar-refractivity contribution in [2.45, 2.75) is 13.8 Å². The number of hydrogen-bond acceptors (Lipinski definition) is 6. The molecule has 0 N–H and O–H groups in total. The number of hydrogen-bond donors (Lipinski definition) is 0. The lowest BCUT2D eigenvalue weighted by molar-refractivity contribution is 0.0735. The average molecular weight is 485 g/mol. The Balaban J connectivity index is 1.44. The normalized spacial score (nSPS) is 11.4. The maximum absolute atomic E-state index is 12.7. The summed E-state index contributed by atoms with van der Waals surface area (Å²) < 4.78 is 5.73. The topological polar surface area (TPSA) is 75.7 Å². The van der Waals surface area contributed by atoms with Gasteiger partial charge in [-0.2, -0.15) is 15.3 Å². The molecular formula is C31H24N4O2. The molecule has 0 saturated carbocycles. The van der Waals surface area contributed by atoms with E-state index in [1.54, 1.807) is 30.3 Å². The van der Waals surface area contributed by atoms with Gasteiger partial charge in [0, 0.05) is 5.39 Å². The molecule has 37 heavy (non-hydrogen) atoms. The molecule has 6 heteroatoms. The molecule has 5 aromatic rings. The molecular weight excluding hydrogens is 460 g/mol. The van der Waals surface area contributed by atoms with E-state index < -0.39 is 5.97 Å². The fraction of sp³-hybridized carbons (Fsp3) is 0.0645. The van der Waals surface area contributed by atoms with Crippen LogP contribution in [0.2, 0.25) is 0 Å². The summed E-state index contributed by atoms with van der Waals surface area (Å²) in [7, 11) is 0. The highest BCUT2D eigenvalue weighted by atomic mass is 16.5. The number of nitrogens with zero attached hydrogens (tertiary/aromatic N) is 4. The predicted molar refractivity (Wildman–Crippen MR) is 146 cm³/mol. The minimum Gasteiger partial charge on any atom is -0.421 e. The molecule has 0 saturated heterocycles. The Morgan fingerprint density at radius 3 is 2.22 bits per heavy atom. The van der Waals surface area contributed by atoms with Gasteiger partial charge < -0.3 is 4.74 Å². The molecule has 5 aromatic carbocycles. The van der Waals surface area contributed by atoms with Crippen LogP contribution in [0.4, 0.5) is 22.7 Å². The van der Waals surface area contributed by atoms with Crippen LogP contribution in [0.3, 0.4) is 0 Å². The Bertz CT molecular complexity index is 1640. The van der Waals surface area contributed by atoms with Crippen molar-refractivity contribution in [2.24, 2.45) is 20.5 Å². The largest absolute Gasteiger partial charge is 0.421 e. The number of rotatable bonds is 6. The molecule has 0 radical (unpaired) electrons. The van der Waals surface area contributed by atoms with Gasteiger partial charge in [0.1, 0.15) is 5.69 Å². The van der Waals surface area contributed by atoms with E-state index in [9.17, 15) is 4.79 Å². The lowest BCUT2D eigenvalue weighted by Crippen LogP contribution is -2.08. The van der Waals surface area contributed by atoms with E-state index in [1.165, 1.54) is 0 Å². The van der Waals surface area contributed by atoms with Gasteiger partial charge in [-0.05, 0) is 78.9 Å². The van der Waals surface area contributed by atoms with Gasteiger partial charge in [0.05, 0.1) is 22.6 Å². The number of ether oxygens (including phenoxy) is 1. The molecule has 0 aliphatic heterocycles. The van der Waals surface area contributed by atoms with Crippen LogP contribution in [0, 0.1) is 13.8 Å². The number of azo groups is 2. The Morgan fingerprint density at radius 2 is 1.41 bits per heavy atom. The third-order valence-corrected chi connectivity index (χ3v) is 5.80. The molecule has 0 atom stereocenters. The fourth-order valence-electron chi connectivity index (χ4n) is 3.88. The smallest absolute Gasteiger partial charge is 0.343 e. The van der Waals surface area contributed by atoms with Crippen molar-refractivity contribution in [3.8, 4) is 5.75 Å². The number of carbonyl (C=O) groups excluding carboxylic acids is 1. The summed E-state index contributed by atoms with van der Waals surface area (Å²) in [6, 6.07) is 33.8. The zero-order chi connectivity index (χ0) is 25.6. The van der Waals surface area contributed by atoms with E-state index in [-0.39, 0.29) is 0 Å². The van der Waals surface area contributed by atoms with E-state index >= 15 is 0 Å². The van der Waals surface area contributed by atoms with Crippen LogP contribution >= 0.6 is 0 Å². The Kier molecular flexibility index (Phi) is 6.90. The van der Waals surface area contributed by atoms with Crippen LogP contribution < -0.4 is 4.74 Å². The summed E-state index contributed by atoms with van der Waals surface area (Å²) in [5.41, 5.74) is 5.21.